The Morgan fingerprint density at radius 2 is 1.89 bits per heavy atom. The Morgan fingerprint density at radius 3 is 2.59 bits per heavy atom. The Labute approximate surface area is 167 Å². The van der Waals surface area contributed by atoms with Crippen LogP contribution in [0.2, 0.25) is 5.02 Å². The van der Waals surface area contributed by atoms with Gasteiger partial charge in [0.2, 0.25) is 4.77 Å². The largest absolute Gasteiger partial charge is 0.468 e. The van der Waals surface area contributed by atoms with Gasteiger partial charge in [-0.25, -0.2) is 4.68 Å². The van der Waals surface area contributed by atoms with E-state index in [4.69, 9.17) is 28.6 Å². The van der Waals surface area contributed by atoms with Gasteiger partial charge in [0.15, 0.2) is 0 Å². The summed E-state index contributed by atoms with van der Waals surface area (Å²) in [6.45, 7) is 0.898. The number of carbonyl (C=O) groups excluding carboxylic acids is 1. The minimum atomic E-state index is -0.337. The van der Waals surface area contributed by atoms with Crippen LogP contribution in [0.3, 0.4) is 0 Å². The third-order valence-corrected chi connectivity index (χ3v) is 4.81. The summed E-state index contributed by atoms with van der Waals surface area (Å²) in [5, 5.41) is 5.02. The summed E-state index contributed by atoms with van der Waals surface area (Å²) in [5.41, 5.74) is 1.84. The Kier molecular flexibility index (Phi) is 6.39. The van der Waals surface area contributed by atoms with Gasteiger partial charge in [-0.3, -0.25) is 14.3 Å². The quantitative estimate of drug-likeness (QED) is 0.445. The van der Waals surface area contributed by atoms with Crippen LogP contribution in [0.5, 0.6) is 0 Å². The maximum absolute atomic E-state index is 11.8. The van der Waals surface area contributed by atoms with E-state index in [-0.39, 0.29) is 12.5 Å². The lowest BCUT2D eigenvalue weighted by Gasteiger charge is -2.21. The van der Waals surface area contributed by atoms with Gasteiger partial charge in [0.25, 0.3) is 0 Å². The highest BCUT2D eigenvalue weighted by atomic mass is 35.5. The second kappa shape index (κ2) is 8.94. The molecule has 1 heterocycles. The fraction of sp³-hybridized carbons (Fsp3) is 0.211. The molecule has 0 bridgehead atoms. The summed E-state index contributed by atoms with van der Waals surface area (Å²) >= 11 is 11.8. The topological polar surface area (TPSA) is 52.3 Å². The van der Waals surface area contributed by atoms with Gasteiger partial charge in [0.05, 0.1) is 20.3 Å². The van der Waals surface area contributed by atoms with E-state index in [1.54, 1.807) is 11.0 Å². The van der Waals surface area contributed by atoms with Crippen LogP contribution in [0.25, 0.3) is 5.69 Å². The van der Waals surface area contributed by atoms with Crippen molar-refractivity contribution in [1.82, 2.24) is 19.2 Å². The molecule has 0 N–H and O–H groups in total. The first-order chi connectivity index (χ1) is 13.1. The van der Waals surface area contributed by atoms with Crippen LogP contribution in [-0.4, -0.2) is 38.9 Å². The minimum Gasteiger partial charge on any atom is -0.468 e. The van der Waals surface area contributed by atoms with Crippen molar-refractivity contribution in [2.75, 3.05) is 13.7 Å². The van der Waals surface area contributed by atoms with Crippen LogP contribution < -0.4 is 0 Å². The Morgan fingerprint density at radius 1 is 1.19 bits per heavy atom. The number of ether oxygens (including phenoxy) is 1. The molecule has 0 aliphatic carbocycles. The molecule has 0 radical (unpaired) electrons. The van der Waals surface area contributed by atoms with Crippen LogP contribution in [0.1, 0.15) is 5.56 Å². The number of para-hydroxylation sites is 1. The average molecular weight is 403 g/mol. The highest BCUT2D eigenvalue weighted by Crippen LogP contribution is 2.17. The molecule has 0 atom stereocenters. The zero-order valence-corrected chi connectivity index (χ0v) is 16.4. The zero-order valence-electron chi connectivity index (χ0n) is 14.8. The molecule has 0 aliphatic heterocycles. The molecule has 140 valence electrons. The van der Waals surface area contributed by atoms with Gasteiger partial charge < -0.3 is 4.74 Å². The van der Waals surface area contributed by atoms with Gasteiger partial charge in [-0.15, -0.1) is 0 Å². The van der Waals surface area contributed by atoms with Crippen LogP contribution in [0.15, 0.2) is 60.9 Å². The fourth-order valence-corrected chi connectivity index (χ4v) is 3.11. The monoisotopic (exact) mass is 402 g/mol. The predicted molar refractivity (Wildman–Crippen MR) is 106 cm³/mol. The lowest BCUT2D eigenvalue weighted by Crippen LogP contribution is -2.32. The van der Waals surface area contributed by atoms with Gasteiger partial charge in [-0.05, 0) is 36.0 Å². The predicted octanol–water partition coefficient (Wildman–Crippen LogP) is 3.69. The van der Waals surface area contributed by atoms with Crippen molar-refractivity contribution in [3.05, 3.63) is 76.3 Å². The molecule has 0 saturated carbocycles. The Bertz CT molecular complexity index is 971. The van der Waals surface area contributed by atoms with Crippen molar-refractivity contribution >= 4 is 29.8 Å². The van der Waals surface area contributed by atoms with E-state index in [0.717, 1.165) is 11.3 Å². The molecule has 2 aromatic carbocycles. The fourth-order valence-electron chi connectivity index (χ4n) is 2.66. The van der Waals surface area contributed by atoms with Crippen molar-refractivity contribution in [1.29, 1.82) is 0 Å². The number of hydrogen-bond acceptors (Lipinski definition) is 5. The van der Waals surface area contributed by atoms with E-state index in [1.165, 1.54) is 7.11 Å². The zero-order chi connectivity index (χ0) is 19.2. The van der Waals surface area contributed by atoms with Gasteiger partial charge in [-0.2, -0.15) is 5.10 Å². The molecule has 0 fully saturated rings. The molecule has 0 aliphatic rings. The normalized spacial score (nSPS) is 10.9. The molecule has 0 unspecified atom stereocenters. The molecular formula is C19H19ClN4O2S. The number of carbonyl (C=O) groups is 1. The number of hydrogen-bond donors (Lipinski definition) is 0. The summed E-state index contributed by atoms with van der Waals surface area (Å²) in [5.74, 6) is -0.337. The van der Waals surface area contributed by atoms with Crippen LogP contribution in [0, 0.1) is 4.77 Å². The third-order valence-electron chi connectivity index (χ3n) is 4.03. The Hall–Kier alpha value is -2.48. The maximum atomic E-state index is 11.8. The molecule has 3 aromatic rings. The molecule has 0 spiro atoms. The molecular weight excluding hydrogens is 384 g/mol. The van der Waals surface area contributed by atoms with E-state index < -0.39 is 0 Å². The minimum absolute atomic E-state index is 0.0989. The first-order valence-electron chi connectivity index (χ1n) is 8.31. The number of halogens is 1. The van der Waals surface area contributed by atoms with E-state index in [1.807, 2.05) is 64.1 Å². The van der Waals surface area contributed by atoms with Crippen molar-refractivity contribution < 1.29 is 9.53 Å². The smallest absolute Gasteiger partial charge is 0.319 e. The van der Waals surface area contributed by atoms with Crippen LogP contribution >= 0.6 is 23.8 Å². The van der Waals surface area contributed by atoms with Crippen molar-refractivity contribution in [3.8, 4) is 5.69 Å². The third kappa shape index (κ3) is 4.82. The number of nitrogens with zero attached hydrogens (tertiary/aromatic N) is 4. The maximum Gasteiger partial charge on any atom is 0.319 e. The summed E-state index contributed by atoms with van der Waals surface area (Å²) in [4.78, 5) is 13.7. The standard InChI is InChI=1S/C19H19ClN4O2S/c1-26-18(25)12-22(11-15-7-5-6-10-17(15)20)14-24-19(27)23(13-21-24)16-8-3-2-4-9-16/h2-10,13H,11-12,14H2,1H3. The first-order valence-corrected chi connectivity index (χ1v) is 9.09. The number of esters is 1. The van der Waals surface area contributed by atoms with Gasteiger partial charge >= 0.3 is 5.97 Å². The van der Waals surface area contributed by atoms with Gasteiger partial charge in [0, 0.05) is 17.3 Å². The van der Waals surface area contributed by atoms with Crippen LogP contribution in [0.4, 0.5) is 0 Å². The molecule has 6 nitrogen and oxygen atoms in total. The number of aromatic nitrogens is 3. The van der Waals surface area contributed by atoms with Gasteiger partial charge in [-0.1, -0.05) is 48.0 Å². The number of methoxy groups -OCH3 is 1. The van der Waals surface area contributed by atoms with Crippen LogP contribution in [-0.2, 0) is 22.7 Å². The highest BCUT2D eigenvalue weighted by Gasteiger charge is 2.15. The number of rotatable bonds is 7. The molecule has 1 aromatic heterocycles. The molecule has 0 saturated heterocycles. The molecule has 27 heavy (non-hydrogen) atoms. The first kappa shape index (κ1) is 19.3. The SMILES string of the molecule is COC(=O)CN(Cc1ccccc1Cl)Cn1ncn(-c2ccccc2)c1=S. The van der Waals surface area contributed by atoms with E-state index in [2.05, 4.69) is 5.10 Å². The lowest BCUT2D eigenvalue weighted by atomic mass is 10.2. The van der Waals surface area contributed by atoms with Crippen molar-refractivity contribution in [3.63, 3.8) is 0 Å². The number of benzene rings is 2. The Balaban J connectivity index is 1.84. The highest BCUT2D eigenvalue weighted by molar-refractivity contribution is 7.71. The second-order valence-corrected chi connectivity index (χ2v) is 6.69. The van der Waals surface area contributed by atoms with E-state index in [0.29, 0.717) is 23.0 Å². The summed E-state index contributed by atoms with van der Waals surface area (Å²) in [6, 6.07) is 17.3. The molecule has 0 amide bonds. The molecule has 8 heteroatoms. The summed E-state index contributed by atoms with van der Waals surface area (Å²) in [6.07, 6.45) is 1.67. The summed E-state index contributed by atoms with van der Waals surface area (Å²) in [7, 11) is 1.37. The summed E-state index contributed by atoms with van der Waals surface area (Å²) < 4.78 is 8.84. The van der Waals surface area contributed by atoms with E-state index in [9.17, 15) is 4.79 Å². The van der Waals surface area contributed by atoms with Gasteiger partial charge in [0.1, 0.15) is 6.33 Å². The molecule has 3 rings (SSSR count). The van der Waals surface area contributed by atoms with Crippen molar-refractivity contribution in [2.45, 2.75) is 13.2 Å². The lowest BCUT2D eigenvalue weighted by molar-refractivity contribution is -0.142. The van der Waals surface area contributed by atoms with E-state index >= 15 is 0 Å². The average Bonchev–Trinajstić information content (AvgIpc) is 3.04. The van der Waals surface area contributed by atoms with Crippen molar-refractivity contribution in [2.24, 2.45) is 0 Å². The second-order valence-electron chi connectivity index (χ2n) is 5.91.